The van der Waals surface area contributed by atoms with Crippen LogP contribution in [-0.4, -0.2) is 11.5 Å². The maximum Gasteiger partial charge on any atom is 0.110 e. The van der Waals surface area contributed by atoms with Gasteiger partial charge >= 0.3 is 0 Å². The van der Waals surface area contributed by atoms with E-state index in [0.717, 1.165) is 36.0 Å². The van der Waals surface area contributed by atoms with Gasteiger partial charge in [-0.2, -0.15) is 0 Å². The molecule has 0 aliphatic heterocycles. The molecular weight excluding hydrogens is 242 g/mol. The molecule has 0 radical (unpaired) electrons. The van der Waals surface area contributed by atoms with Gasteiger partial charge in [0.2, 0.25) is 0 Å². The first-order valence-corrected chi connectivity index (χ1v) is 5.61. The van der Waals surface area contributed by atoms with Crippen molar-refractivity contribution in [2.24, 2.45) is 11.5 Å². The first-order valence-electron chi connectivity index (χ1n) is 4.81. The van der Waals surface area contributed by atoms with Crippen molar-refractivity contribution in [1.29, 1.82) is 0 Å². The molecule has 1 aromatic heterocycles. The Balaban J connectivity index is 2.51. The number of unbranched alkanes of at least 4 members (excludes halogenated alkanes) is 1. The fourth-order valence-electron chi connectivity index (χ4n) is 1.34. The second-order valence-corrected chi connectivity index (χ2v) is 4.03. The molecule has 4 N–H and O–H groups in total. The van der Waals surface area contributed by atoms with Gasteiger partial charge in [-0.1, -0.05) is 12.5 Å². The van der Waals surface area contributed by atoms with Gasteiger partial charge in [-0.05, 0) is 41.4 Å². The molecule has 0 saturated carbocycles. The third-order valence-electron chi connectivity index (χ3n) is 2.16. The Morgan fingerprint density at radius 1 is 1.43 bits per heavy atom. The number of pyridine rings is 1. The molecule has 0 spiro atoms. The van der Waals surface area contributed by atoms with E-state index in [0.29, 0.717) is 0 Å². The van der Waals surface area contributed by atoms with Crippen molar-refractivity contribution in [2.45, 2.75) is 25.3 Å². The quantitative estimate of drug-likeness (QED) is 0.627. The lowest BCUT2D eigenvalue weighted by molar-refractivity contribution is 0.587. The SMILES string of the molecule is NCCCC[C@@H](N)c1cccnc1Br. The van der Waals surface area contributed by atoms with E-state index in [9.17, 15) is 0 Å². The molecule has 0 aliphatic rings. The van der Waals surface area contributed by atoms with E-state index in [-0.39, 0.29) is 6.04 Å². The summed E-state index contributed by atoms with van der Waals surface area (Å²) < 4.78 is 0.847. The molecule has 1 heterocycles. The molecule has 0 fully saturated rings. The topological polar surface area (TPSA) is 64.9 Å². The third-order valence-corrected chi connectivity index (χ3v) is 2.82. The predicted octanol–water partition coefficient (Wildman–Crippen LogP) is 1.97. The van der Waals surface area contributed by atoms with Crippen LogP contribution < -0.4 is 11.5 Å². The van der Waals surface area contributed by atoms with E-state index < -0.39 is 0 Å². The maximum absolute atomic E-state index is 6.03. The van der Waals surface area contributed by atoms with E-state index in [2.05, 4.69) is 20.9 Å². The van der Waals surface area contributed by atoms with E-state index in [1.165, 1.54) is 0 Å². The summed E-state index contributed by atoms with van der Waals surface area (Å²) in [6.45, 7) is 0.737. The van der Waals surface area contributed by atoms with Crippen molar-refractivity contribution in [3.8, 4) is 0 Å². The molecule has 0 amide bonds. The molecule has 4 heteroatoms. The van der Waals surface area contributed by atoms with Gasteiger partial charge in [0.25, 0.3) is 0 Å². The lowest BCUT2D eigenvalue weighted by Gasteiger charge is -2.12. The summed E-state index contributed by atoms with van der Waals surface area (Å²) in [5, 5.41) is 0. The van der Waals surface area contributed by atoms with Crippen LogP contribution in [0.2, 0.25) is 0 Å². The van der Waals surface area contributed by atoms with Crippen LogP contribution in [-0.2, 0) is 0 Å². The van der Waals surface area contributed by atoms with Crippen LogP contribution in [0.25, 0.3) is 0 Å². The fourth-order valence-corrected chi connectivity index (χ4v) is 1.88. The van der Waals surface area contributed by atoms with Crippen molar-refractivity contribution in [1.82, 2.24) is 4.98 Å². The average molecular weight is 258 g/mol. The first kappa shape index (κ1) is 11.6. The largest absolute Gasteiger partial charge is 0.330 e. The highest BCUT2D eigenvalue weighted by atomic mass is 79.9. The smallest absolute Gasteiger partial charge is 0.110 e. The number of aromatic nitrogens is 1. The normalized spacial score (nSPS) is 12.8. The van der Waals surface area contributed by atoms with Gasteiger partial charge in [-0.15, -0.1) is 0 Å². The maximum atomic E-state index is 6.03. The average Bonchev–Trinajstić information content (AvgIpc) is 2.18. The van der Waals surface area contributed by atoms with Crippen LogP contribution in [0.15, 0.2) is 22.9 Å². The highest BCUT2D eigenvalue weighted by Crippen LogP contribution is 2.22. The molecule has 14 heavy (non-hydrogen) atoms. The van der Waals surface area contributed by atoms with Crippen LogP contribution in [0.4, 0.5) is 0 Å². The van der Waals surface area contributed by atoms with Gasteiger partial charge in [0.15, 0.2) is 0 Å². The van der Waals surface area contributed by atoms with Crippen molar-refractivity contribution < 1.29 is 0 Å². The Kier molecular flexibility index (Phi) is 5.07. The van der Waals surface area contributed by atoms with Gasteiger partial charge < -0.3 is 11.5 Å². The number of rotatable bonds is 5. The minimum atomic E-state index is 0.0598. The standard InChI is InChI=1S/C10H16BrN3/c11-10-8(4-3-7-14-10)9(13)5-1-2-6-12/h3-4,7,9H,1-2,5-6,12-13H2/t9-/m1/s1. The van der Waals surface area contributed by atoms with Crippen LogP contribution in [0.5, 0.6) is 0 Å². The first-order chi connectivity index (χ1) is 6.75. The van der Waals surface area contributed by atoms with Gasteiger partial charge in [-0.3, -0.25) is 0 Å². The van der Waals surface area contributed by atoms with Crippen molar-refractivity contribution >= 4 is 15.9 Å². The van der Waals surface area contributed by atoms with Crippen LogP contribution >= 0.6 is 15.9 Å². The summed E-state index contributed by atoms with van der Waals surface area (Å²) in [6, 6.07) is 3.97. The summed E-state index contributed by atoms with van der Waals surface area (Å²) in [5.41, 5.74) is 12.5. The second-order valence-electron chi connectivity index (χ2n) is 3.27. The zero-order valence-electron chi connectivity index (χ0n) is 8.12. The van der Waals surface area contributed by atoms with Gasteiger partial charge in [0, 0.05) is 17.8 Å². The summed E-state index contributed by atoms with van der Waals surface area (Å²) in [4.78, 5) is 4.14. The number of hydrogen-bond donors (Lipinski definition) is 2. The van der Waals surface area contributed by atoms with Gasteiger partial charge in [-0.25, -0.2) is 4.98 Å². The Morgan fingerprint density at radius 3 is 2.86 bits per heavy atom. The zero-order valence-corrected chi connectivity index (χ0v) is 9.70. The summed E-state index contributed by atoms with van der Waals surface area (Å²) in [5.74, 6) is 0. The van der Waals surface area contributed by atoms with E-state index >= 15 is 0 Å². The molecule has 78 valence electrons. The lowest BCUT2D eigenvalue weighted by atomic mass is 10.0. The highest BCUT2D eigenvalue weighted by molar-refractivity contribution is 9.10. The molecule has 1 rings (SSSR count). The van der Waals surface area contributed by atoms with Gasteiger partial charge in [0.1, 0.15) is 4.60 Å². The number of nitrogens with two attached hydrogens (primary N) is 2. The van der Waals surface area contributed by atoms with Crippen LogP contribution in [0.3, 0.4) is 0 Å². The molecule has 0 bridgehead atoms. The Morgan fingerprint density at radius 2 is 2.21 bits per heavy atom. The molecule has 1 atom stereocenters. The van der Waals surface area contributed by atoms with E-state index in [4.69, 9.17) is 11.5 Å². The number of hydrogen-bond acceptors (Lipinski definition) is 3. The van der Waals surface area contributed by atoms with Gasteiger partial charge in [0.05, 0.1) is 0 Å². The van der Waals surface area contributed by atoms with Crippen molar-refractivity contribution in [3.05, 3.63) is 28.5 Å². The Labute approximate surface area is 93.0 Å². The molecule has 3 nitrogen and oxygen atoms in total. The van der Waals surface area contributed by atoms with E-state index in [1.807, 2.05) is 12.1 Å². The highest BCUT2D eigenvalue weighted by Gasteiger charge is 2.09. The lowest BCUT2D eigenvalue weighted by Crippen LogP contribution is -2.12. The van der Waals surface area contributed by atoms with E-state index in [1.54, 1.807) is 6.20 Å². The summed E-state index contributed by atoms with van der Waals surface area (Å²) >= 11 is 3.39. The monoisotopic (exact) mass is 257 g/mol. The minimum Gasteiger partial charge on any atom is -0.330 e. The fraction of sp³-hybridized carbons (Fsp3) is 0.500. The summed E-state index contributed by atoms with van der Waals surface area (Å²) in [7, 11) is 0. The molecule has 0 aliphatic carbocycles. The summed E-state index contributed by atoms with van der Waals surface area (Å²) in [6.07, 6.45) is 4.81. The zero-order chi connectivity index (χ0) is 10.4. The second kappa shape index (κ2) is 6.11. The molecule has 0 aromatic carbocycles. The number of nitrogens with zero attached hydrogens (tertiary/aromatic N) is 1. The predicted molar refractivity (Wildman–Crippen MR) is 61.8 cm³/mol. The van der Waals surface area contributed by atoms with Crippen molar-refractivity contribution in [2.75, 3.05) is 6.54 Å². The third kappa shape index (κ3) is 3.36. The van der Waals surface area contributed by atoms with Crippen molar-refractivity contribution in [3.63, 3.8) is 0 Å². The molecule has 1 aromatic rings. The van der Waals surface area contributed by atoms with Crippen LogP contribution in [0, 0.1) is 0 Å². The number of halogens is 1. The Hall–Kier alpha value is -0.450. The van der Waals surface area contributed by atoms with Crippen LogP contribution in [0.1, 0.15) is 30.9 Å². The minimum absolute atomic E-state index is 0.0598. The Bertz CT molecular complexity index is 278. The molecular formula is C10H16BrN3. The molecule has 0 saturated heterocycles. The molecule has 0 unspecified atom stereocenters.